The largest absolute Gasteiger partial charge is 0.396 e. The van der Waals surface area contributed by atoms with Gasteiger partial charge in [0.1, 0.15) is 5.69 Å². The lowest BCUT2D eigenvalue weighted by molar-refractivity contribution is 0.101. The zero-order chi connectivity index (χ0) is 12.6. The molecule has 0 aliphatic heterocycles. The molecule has 0 bridgehead atoms. The van der Waals surface area contributed by atoms with Crippen LogP contribution < -0.4 is 11.1 Å². The number of nitrogens with one attached hydrogen (secondary N) is 1. The van der Waals surface area contributed by atoms with E-state index in [9.17, 15) is 4.79 Å². The van der Waals surface area contributed by atoms with Crippen LogP contribution in [0.1, 0.15) is 21.1 Å². The summed E-state index contributed by atoms with van der Waals surface area (Å²) in [4.78, 5) is 17.3. The number of hydrogen-bond donors (Lipinski definition) is 2. The quantitative estimate of drug-likeness (QED) is 0.843. The first-order valence-electron chi connectivity index (χ1n) is 5.02. The molecule has 0 saturated heterocycles. The number of carbonyl (C=O) groups is 1. The average molecular weight is 251 g/mol. The van der Waals surface area contributed by atoms with Crippen LogP contribution in [0.3, 0.4) is 0 Å². The van der Waals surface area contributed by atoms with E-state index in [4.69, 9.17) is 5.73 Å². The molecule has 0 aliphatic carbocycles. The maximum absolute atomic E-state index is 12.0. The van der Waals surface area contributed by atoms with E-state index < -0.39 is 0 Å². The van der Waals surface area contributed by atoms with Gasteiger partial charge < -0.3 is 5.73 Å². The SMILES string of the molecule is Cc1nc(NC(=O)c2c(N)cnn2C)sc1C. The second kappa shape index (κ2) is 4.17. The van der Waals surface area contributed by atoms with E-state index in [2.05, 4.69) is 15.4 Å². The van der Waals surface area contributed by atoms with Crippen molar-refractivity contribution in [2.75, 3.05) is 11.1 Å². The third-order valence-corrected chi connectivity index (χ3v) is 3.42. The Bertz CT molecular complexity index is 532. The van der Waals surface area contributed by atoms with Crippen molar-refractivity contribution < 1.29 is 4.79 Å². The zero-order valence-corrected chi connectivity index (χ0v) is 10.6. The van der Waals surface area contributed by atoms with Crippen LogP contribution in [0.15, 0.2) is 6.20 Å². The van der Waals surface area contributed by atoms with Gasteiger partial charge in [0.15, 0.2) is 5.13 Å². The van der Waals surface area contributed by atoms with Crippen LogP contribution in [0.4, 0.5) is 10.8 Å². The Kier molecular flexibility index (Phi) is 2.84. The number of anilines is 2. The molecule has 2 heterocycles. The van der Waals surface area contributed by atoms with Gasteiger partial charge in [-0.1, -0.05) is 0 Å². The lowest BCUT2D eigenvalue weighted by Crippen LogP contribution is -2.17. The van der Waals surface area contributed by atoms with Crippen molar-refractivity contribution in [2.24, 2.45) is 7.05 Å². The summed E-state index contributed by atoms with van der Waals surface area (Å²) in [5, 5.41) is 7.21. The summed E-state index contributed by atoms with van der Waals surface area (Å²) >= 11 is 1.44. The molecule has 0 aliphatic rings. The molecule has 0 saturated carbocycles. The highest BCUT2D eigenvalue weighted by Gasteiger charge is 2.16. The fourth-order valence-corrected chi connectivity index (χ4v) is 2.22. The maximum Gasteiger partial charge on any atom is 0.277 e. The molecule has 1 amide bonds. The maximum atomic E-state index is 12.0. The molecule has 90 valence electrons. The number of hydrogen-bond acceptors (Lipinski definition) is 5. The average Bonchev–Trinajstić information content (AvgIpc) is 2.72. The van der Waals surface area contributed by atoms with Gasteiger partial charge in [0.2, 0.25) is 0 Å². The minimum Gasteiger partial charge on any atom is -0.396 e. The molecule has 7 heteroatoms. The van der Waals surface area contributed by atoms with Gasteiger partial charge in [-0.15, -0.1) is 11.3 Å². The fourth-order valence-electron chi connectivity index (χ4n) is 1.42. The number of nitrogen functional groups attached to an aromatic ring is 1. The molecular formula is C10H13N5OS. The minimum absolute atomic E-state index is 0.295. The van der Waals surface area contributed by atoms with E-state index in [1.54, 1.807) is 7.05 Å². The Hall–Kier alpha value is -1.89. The molecule has 0 unspecified atom stereocenters. The van der Waals surface area contributed by atoms with Gasteiger partial charge in [-0.3, -0.25) is 14.8 Å². The van der Waals surface area contributed by atoms with E-state index >= 15 is 0 Å². The lowest BCUT2D eigenvalue weighted by Gasteiger charge is -2.02. The Morgan fingerprint density at radius 2 is 2.24 bits per heavy atom. The molecule has 0 radical (unpaired) electrons. The van der Waals surface area contributed by atoms with Crippen LogP contribution in [0.5, 0.6) is 0 Å². The summed E-state index contributed by atoms with van der Waals surface area (Å²) in [5.41, 5.74) is 7.29. The van der Waals surface area contributed by atoms with E-state index in [0.29, 0.717) is 16.5 Å². The third-order valence-electron chi connectivity index (χ3n) is 2.43. The second-order valence-electron chi connectivity index (χ2n) is 3.69. The lowest BCUT2D eigenvalue weighted by atomic mass is 10.3. The summed E-state index contributed by atoms with van der Waals surface area (Å²) in [6.45, 7) is 3.86. The molecule has 2 rings (SSSR count). The number of aromatic nitrogens is 3. The topological polar surface area (TPSA) is 85.8 Å². The summed E-state index contributed by atoms with van der Waals surface area (Å²) in [6, 6.07) is 0. The van der Waals surface area contributed by atoms with E-state index in [1.807, 2.05) is 13.8 Å². The van der Waals surface area contributed by atoms with E-state index in [-0.39, 0.29) is 5.91 Å². The van der Waals surface area contributed by atoms with Gasteiger partial charge in [-0.05, 0) is 13.8 Å². The normalized spacial score (nSPS) is 10.5. The van der Waals surface area contributed by atoms with Crippen molar-refractivity contribution in [2.45, 2.75) is 13.8 Å². The number of amides is 1. The molecule has 0 fully saturated rings. The highest BCUT2D eigenvalue weighted by atomic mass is 32.1. The first kappa shape index (κ1) is 11.6. The van der Waals surface area contributed by atoms with Gasteiger partial charge >= 0.3 is 0 Å². The standard InChI is InChI=1S/C10H13N5OS/c1-5-6(2)17-10(13-5)14-9(16)8-7(11)4-12-15(8)3/h4H,11H2,1-3H3,(H,13,14,16). The zero-order valence-electron chi connectivity index (χ0n) is 9.81. The summed E-state index contributed by atoms with van der Waals surface area (Å²) in [5.74, 6) is -0.295. The van der Waals surface area contributed by atoms with Crippen molar-refractivity contribution in [3.63, 3.8) is 0 Å². The van der Waals surface area contributed by atoms with Crippen molar-refractivity contribution in [1.29, 1.82) is 0 Å². The molecule has 6 nitrogen and oxygen atoms in total. The van der Waals surface area contributed by atoms with E-state index in [1.165, 1.54) is 22.2 Å². The number of nitrogens with zero attached hydrogens (tertiary/aromatic N) is 3. The second-order valence-corrected chi connectivity index (χ2v) is 4.89. The number of carbonyl (C=O) groups excluding carboxylic acids is 1. The van der Waals surface area contributed by atoms with Crippen molar-refractivity contribution in [3.8, 4) is 0 Å². The monoisotopic (exact) mass is 251 g/mol. The van der Waals surface area contributed by atoms with Crippen LogP contribution in [-0.4, -0.2) is 20.7 Å². The van der Waals surface area contributed by atoms with Gasteiger partial charge in [-0.25, -0.2) is 4.98 Å². The first-order valence-corrected chi connectivity index (χ1v) is 5.83. The number of aryl methyl sites for hydroxylation is 3. The first-order chi connectivity index (χ1) is 7.99. The number of nitrogens with two attached hydrogens (primary N) is 1. The van der Waals surface area contributed by atoms with Crippen molar-refractivity contribution >= 4 is 28.1 Å². The van der Waals surface area contributed by atoms with Crippen molar-refractivity contribution in [3.05, 3.63) is 22.5 Å². The molecule has 0 spiro atoms. The number of rotatable bonds is 2. The van der Waals surface area contributed by atoms with E-state index in [0.717, 1.165) is 10.6 Å². The molecule has 3 N–H and O–H groups in total. The van der Waals surface area contributed by atoms with Crippen LogP contribution in [0.25, 0.3) is 0 Å². The molecule has 17 heavy (non-hydrogen) atoms. The minimum atomic E-state index is -0.295. The fraction of sp³-hybridized carbons (Fsp3) is 0.300. The van der Waals surface area contributed by atoms with Crippen molar-refractivity contribution in [1.82, 2.24) is 14.8 Å². The predicted molar refractivity (Wildman–Crippen MR) is 67.2 cm³/mol. The predicted octanol–water partition coefficient (Wildman–Crippen LogP) is 1.33. The Labute approximate surface area is 102 Å². The summed E-state index contributed by atoms with van der Waals surface area (Å²) in [7, 11) is 1.67. The Balaban J connectivity index is 2.23. The molecule has 2 aromatic heterocycles. The Morgan fingerprint density at radius 1 is 1.53 bits per heavy atom. The van der Waals surface area contributed by atoms with Gasteiger partial charge in [0, 0.05) is 11.9 Å². The molecule has 0 aromatic carbocycles. The summed E-state index contributed by atoms with van der Waals surface area (Å²) in [6.07, 6.45) is 1.45. The van der Waals surface area contributed by atoms with Gasteiger partial charge in [0.25, 0.3) is 5.91 Å². The van der Waals surface area contributed by atoms with Gasteiger partial charge in [-0.2, -0.15) is 5.10 Å². The van der Waals surface area contributed by atoms with Gasteiger partial charge in [0.05, 0.1) is 17.6 Å². The third kappa shape index (κ3) is 2.14. The Morgan fingerprint density at radius 3 is 2.71 bits per heavy atom. The number of thiazole rings is 1. The molecule has 2 aromatic rings. The summed E-state index contributed by atoms with van der Waals surface area (Å²) < 4.78 is 1.44. The highest BCUT2D eigenvalue weighted by Crippen LogP contribution is 2.22. The van der Waals surface area contributed by atoms with Crippen LogP contribution in [0, 0.1) is 13.8 Å². The molecule has 0 atom stereocenters. The van der Waals surface area contributed by atoms with Crippen LogP contribution in [0.2, 0.25) is 0 Å². The molecular weight excluding hydrogens is 238 g/mol. The smallest absolute Gasteiger partial charge is 0.277 e. The van der Waals surface area contributed by atoms with Crippen LogP contribution in [-0.2, 0) is 7.05 Å². The van der Waals surface area contributed by atoms with Crippen LogP contribution >= 0.6 is 11.3 Å². The highest BCUT2D eigenvalue weighted by molar-refractivity contribution is 7.15.